The first-order valence-corrected chi connectivity index (χ1v) is 5.80. The van der Waals surface area contributed by atoms with Gasteiger partial charge >= 0.3 is 0 Å². The Kier molecular flexibility index (Phi) is 4.82. The van der Waals surface area contributed by atoms with Gasteiger partial charge < -0.3 is 5.32 Å². The van der Waals surface area contributed by atoms with Crippen LogP contribution >= 0.6 is 0 Å². The molecule has 0 radical (unpaired) electrons. The molecule has 3 nitrogen and oxygen atoms in total. The van der Waals surface area contributed by atoms with Gasteiger partial charge in [-0.1, -0.05) is 26.7 Å². The first kappa shape index (κ1) is 12.2. The van der Waals surface area contributed by atoms with Crippen molar-refractivity contribution in [1.82, 2.24) is 15.1 Å². The van der Waals surface area contributed by atoms with Crippen molar-refractivity contribution in [2.75, 3.05) is 7.05 Å². The van der Waals surface area contributed by atoms with Gasteiger partial charge in [0.25, 0.3) is 0 Å². The quantitative estimate of drug-likeness (QED) is 0.780. The summed E-state index contributed by atoms with van der Waals surface area (Å²) in [5, 5.41) is 7.56. The van der Waals surface area contributed by atoms with Crippen LogP contribution in [0.2, 0.25) is 0 Å². The summed E-state index contributed by atoms with van der Waals surface area (Å²) in [4.78, 5) is 0. The summed E-state index contributed by atoms with van der Waals surface area (Å²) in [7, 11) is 4.02. The van der Waals surface area contributed by atoms with Crippen LogP contribution in [0.25, 0.3) is 0 Å². The van der Waals surface area contributed by atoms with Gasteiger partial charge in [0.1, 0.15) is 0 Å². The summed E-state index contributed by atoms with van der Waals surface area (Å²) >= 11 is 0. The van der Waals surface area contributed by atoms with Crippen molar-refractivity contribution in [2.24, 2.45) is 13.0 Å². The Labute approximate surface area is 92.9 Å². The molecule has 0 saturated carbocycles. The summed E-state index contributed by atoms with van der Waals surface area (Å²) in [6.45, 7) is 4.55. The van der Waals surface area contributed by atoms with Gasteiger partial charge in [-0.15, -0.1) is 0 Å². The van der Waals surface area contributed by atoms with Crippen LogP contribution in [0.5, 0.6) is 0 Å². The summed E-state index contributed by atoms with van der Waals surface area (Å²) in [6, 6.07) is 2.53. The molecule has 1 rings (SSSR count). The third-order valence-corrected chi connectivity index (χ3v) is 2.84. The number of nitrogens with zero attached hydrogens (tertiary/aromatic N) is 2. The molecule has 0 aromatic carbocycles. The van der Waals surface area contributed by atoms with E-state index in [2.05, 4.69) is 30.3 Å². The highest BCUT2D eigenvalue weighted by Gasteiger charge is 2.12. The highest BCUT2D eigenvalue weighted by atomic mass is 15.3. The number of nitrogens with one attached hydrogen (secondary N) is 1. The second-order valence-corrected chi connectivity index (χ2v) is 4.55. The number of rotatable bonds is 6. The van der Waals surface area contributed by atoms with Gasteiger partial charge in [0.15, 0.2) is 0 Å². The van der Waals surface area contributed by atoms with E-state index in [1.807, 2.05) is 25.0 Å². The molecule has 1 heterocycles. The van der Waals surface area contributed by atoms with E-state index in [1.54, 1.807) is 0 Å². The van der Waals surface area contributed by atoms with Crippen LogP contribution in [0, 0.1) is 5.92 Å². The Morgan fingerprint density at radius 1 is 1.40 bits per heavy atom. The van der Waals surface area contributed by atoms with Gasteiger partial charge in [-0.25, -0.2) is 0 Å². The molecule has 0 amide bonds. The number of aromatic nitrogens is 2. The highest BCUT2D eigenvalue weighted by Crippen LogP contribution is 2.19. The molecule has 0 spiro atoms. The minimum Gasteiger partial charge on any atom is -0.312 e. The Hall–Kier alpha value is -0.830. The van der Waals surface area contributed by atoms with Crippen LogP contribution in [0.4, 0.5) is 0 Å². The lowest BCUT2D eigenvalue weighted by atomic mass is 10.0. The average Bonchev–Trinajstić information content (AvgIpc) is 2.59. The monoisotopic (exact) mass is 209 g/mol. The Balaban J connectivity index is 2.46. The number of aryl methyl sites for hydroxylation is 1. The fourth-order valence-electron chi connectivity index (χ4n) is 1.90. The van der Waals surface area contributed by atoms with E-state index in [1.165, 1.54) is 25.0 Å². The zero-order valence-corrected chi connectivity index (χ0v) is 10.3. The van der Waals surface area contributed by atoms with Crippen molar-refractivity contribution in [3.05, 3.63) is 18.0 Å². The van der Waals surface area contributed by atoms with Crippen molar-refractivity contribution >= 4 is 0 Å². The molecule has 1 N–H and O–H groups in total. The van der Waals surface area contributed by atoms with E-state index < -0.39 is 0 Å². The van der Waals surface area contributed by atoms with E-state index in [9.17, 15) is 0 Å². The summed E-state index contributed by atoms with van der Waals surface area (Å²) in [6.07, 6.45) is 5.63. The summed E-state index contributed by atoms with van der Waals surface area (Å²) < 4.78 is 1.95. The zero-order valence-electron chi connectivity index (χ0n) is 10.3. The van der Waals surface area contributed by atoms with Crippen molar-refractivity contribution in [3.63, 3.8) is 0 Å². The van der Waals surface area contributed by atoms with Crippen LogP contribution in [-0.4, -0.2) is 16.8 Å². The lowest BCUT2D eigenvalue weighted by Crippen LogP contribution is -2.19. The molecular formula is C12H23N3. The fourth-order valence-corrected chi connectivity index (χ4v) is 1.90. The molecule has 0 aliphatic carbocycles. The van der Waals surface area contributed by atoms with Gasteiger partial charge in [0, 0.05) is 19.3 Å². The van der Waals surface area contributed by atoms with Gasteiger partial charge in [0.05, 0.1) is 5.69 Å². The average molecular weight is 209 g/mol. The minimum atomic E-state index is 0.441. The van der Waals surface area contributed by atoms with E-state index in [0.29, 0.717) is 6.04 Å². The zero-order chi connectivity index (χ0) is 11.3. The third-order valence-electron chi connectivity index (χ3n) is 2.84. The maximum atomic E-state index is 4.21. The molecule has 1 atom stereocenters. The van der Waals surface area contributed by atoms with Crippen LogP contribution in [0.1, 0.15) is 44.8 Å². The van der Waals surface area contributed by atoms with Gasteiger partial charge in [-0.05, 0) is 25.5 Å². The van der Waals surface area contributed by atoms with Crippen LogP contribution in [0.3, 0.4) is 0 Å². The SMILES string of the molecule is CNC(CCCC(C)C)c1ccnn1C. The molecule has 1 aromatic rings. The maximum Gasteiger partial charge on any atom is 0.0550 e. The van der Waals surface area contributed by atoms with Crippen LogP contribution < -0.4 is 5.32 Å². The lowest BCUT2D eigenvalue weighted by molar-refractivity contribution is 0.451. The normalized spacial score (nSPS) is 13.4. The predicted octanol–water partition coefficient (Wildman–Crippen LogP) is 2.51. The molecule has 0 saturated heterocycles. The molecule has 15 heavy (non-hydrogen) atoms. The Bertz CT molecular complexity index is 278. The number of hydrogen-bond acceptors (Lipinski definition) is 2. The second kappa shape index (κ2) is 5.91. The van der Waals surface area contributed by atoms with Crippen molar-refractivity contribution in [2.45, 2.75) is 39.2 Å². The minimum absolute atomic E-state index is 0.441. The smallest absolute Gasteiger partial charge is 0.0550 e. The predicted molar refractivity (Wildman–Crippen MR) is 63.7 cm³/mol. The fraction of sp³-hybridized carbons (Fsp3) is 0.750. The van der Waals surface area contributed by atoms with E-state index in [4.69, 9.17) is 0 Å². The Morgan fingerprint density at radius 3 is 2.60 bits per heavy atom. The molecule has 0 aliphatic heterocycles. The molecule has 1 aromatic heterocycles. The van der Waals surface area contributed by atoms with E-state index >= 15 is 0 Å². The topological polar surface area (TPSA) is 29.9 Å². The van der Waals surface area contributed by atoms with Gasteiger partial charge in [0.2, 0.25) is 0 Å². The Morgan fingerprint density at radius 2 is 2.13 bits per heavy atom. The lowest BCUT2D eigenvalue weighted by Gasteiger charge is -2.16. The second-order valence-electron chi connectivity index (χ2n) is 4.55. The molecule has 0 bridgehead atoms. The van der Waals surface area contributed by atoms with Gasteiger partial charge in [-0.2, -0.15) is 5.10 Å². The highest BCUT2D eigenvalue weighted by molar-refractivity contribution is 5.06. The summed E-state index contributed by atoms with van der Waals surface area (Å²) in [5.41, 5.74) is 1.28. The largest absolute Gasteiger partial charge is 0.312 e. The van der Waals surface area contributed by atoms with E-state index in [0.717, 1.165) is 5.92 Å². The van der Waals surface area contributed by atoms with E-state index in [-0.39, 0.29) is 0 Å². The molecule has 86 valence electrons. The van der Waals surface area contributed by atoms with Crippen molar-refractivity contribution in [1.29, 1.82) is 0 Å². The number of hydrogen-bond donors (Lipinski definition) is 1. The third kappa shape index (κ3) is 3.67. The molecule has 0 aliphatic rings. The first-order chi connectivity index (χ1) is 7.15. The molecule has 0 fully saturated rings. The van der Waals surface area contributed by atoms with Crippen molar-refractivity contribution in [3.8, 4) is 0 Å². The van der Waals surface area contributed by atoms with Gasteiger partial charge in [-0.3, -0.25) is 4.68 Å². The molecule has 3 heteroatoms. The summed E-state index contributed by atoms with van der Waals surface area (Å²) in [5.74, 6) is 0.800. The standard InChI is InChI=1S/C12H23N3/c1-10(2)6-5-7-11(13-3)12-8-9-14-15(12)4/h8-11,13H,5-7H2,1-4H3. The van der Waals surface area contributed by atoms with Crippen LogP contribution in [-0.2, 0) is 7.05 Å². The van der Waals surface area contributed by atoms with Crippen LogP contribution in [0.15, 0.2) is 12.3 Å². The molecular weight excluding hydrogens is 186 g/mol. The van der Waals surface area contributed by atoms with Crippen molar-refractivity contribution < 1.29 is 0 Å². The first-order valence-electron chi connectivity index (χ1n) is 5.80. The molecule has 1 unspecified atom stereocenters. The maximum absolute atomic E-state index is 4.21.